The average Bonchev–Trinajstić information content (AvgIpc) is 2.27. The highest BCUT2D eigenvalue weighted by atomic mass is 15.2. The van der Waals surface area contributed by atoms with Crippen LogP contribution >= 0.6 is 0 Å². The summed E-state index contributed by atoms with van der Waals surface area (Å²) in [5.41, 5.74) is 0.569. The summed E-state index contributed by atoms with van der Waals surface area (Å²) < 4.78 is 0. The smallest absolute Gasteiger partial charge is 0.0251 e. The van der Waals surface area contributed by atoms with Gasteiger partial charge >= 0.3 is 0 Å². The lowest BCUT2D eigenvalue weighted by Gasteiger charge is -2.51. The largest absolute Gasteiger partial charge is 0.315 e. The van der Waals surface area contributed by atoms with Crippen LogP contribution in [0.4, 0.5) is 0 Å². The predicted octanol–water partition coefficient (Wildman–Crippen LogP) is 2.35. The number of likely N-dealkylation sites (N-methyl/N-ethyl adjacent to an activating group) is 1. The van der Waals surface area contributed by atoms with E-state index in [1.54, 1.807) is 0 Å². The second-order valence-electron chi connectivity index (χ2n) is 5.39. The number of nitrogens with zero attached hydrogens (tertiary/aromatic N) is 1. The Bertz CT molecular complexity index is 189. The van der Waals surface area contributed by atoms with Crippen LogP contribution in [-0.2, 0) is 0 Å². The van der Waals surface area contributed by atoms with Crippen LogP contribution in [0.2, 0.25) is 0 Å². The van der Waals surface area contributed by atoms with Crippen molar-refractivity contribution in [3.8, 4) is 0 Å². The molecule has 2 nitrogen and oxygen atoms in total. The van der Waals surface area contributed by atoms with Gasteiger partial charge in [-0.25, -0.2) is 0 Å². The lowest BCUT2D eigenvalue weighted by molar-refractivity contribution is -0.00148. The van der Waals surface area contributed by atoms with Crippen LogP contribution in [0.25, 0.3) is 0 Å². The summed E-state index contributed by atoms with van der Waals surface area (Å²) in [7, 11) is 2.28. The zero-order chi connectivity index (χ0) is 11.5. The van der Waals surface area contributed by atoms with Gasteiger partial charge in [-0.1, -0.05) is 27.7 Å². The maximum Gasteiger partial charge on any atom is 0.0251 e. The topological polar surface area (TPSA) is 15.3 Å². The Morgan fingerprint density at radius 3 is 2.53 bits per heavy atom. The summed E-state index contributed by atoms with van der Waals surface area (Å²) in [5, 5.41) is 3.51. The fourth-order valence-electron chi connectivity index (χ4n) is 3.03. The van der Waals surface area contributed by atoms with Gasteiger partial charge in [0, 0.05) is 12.6 Å². The third-order valence-corrected chi connectivity index (χ3v) is 4.13. The van der Waals surface area contributed by atoms with Crippen molar-refractivity contribution < 1.29 is 0 Å². The van der Waals surface area contributed by atoms with Crippen molar-refractivity contribution in [2.75, 3.05) is 26.7 Å². The third-order valence-electron chi connectivity index (χ3n) is 4.13. The van der Waals surface area contributed by atoms with E-state index in [0.717, 1.165) is 12.0 Å². The van der Waals surface area contributed by atoms with Crippen molar-refractivity contribution in [1.29, 1.82) is 0 Å². The van der Waals surface area contributed by atoms with Crippen LogP contribution in [0.15, 0.2) is 0 Å². The molecule has 0 amide bonds. The van der Waals surface area contributed by atoms with E-state index in [4.69, 9.17) is 0 Å². The quantitative estimate of drug-likeness (QED) is 0.663. The minimum Gasteiger partial charge on any atom is -0.315 e. The fraction of sp³-hybridized carbons (Fsp3) is 1.00. The van der Waals surface area contributed by atoms with E-state index in [0.29, 0.717) is 5.41 Å². The van der Waals surface area contributed by atoms with E-state index in [-0.39, 0.29) is 0 Å². The molecule has 2 unspecified atom stereocenters. The van der Waals surface area contributed by atoms with Gasteiger partial charge in [-0.15, -0.1) is 0 Å². The SMILES string of the molecule is CC.CN1CCC(C)(C)C2CCNCC21. The van der Waals surface area contributed by atoms with E-state index >= 15 is 0 Å². The standard InChI is InChI=1S/C11H22N2.C2H6/c1-11(2)5-7-13(3)10-8-12-6-4-9(10)11;1-2/h9-10,12H,4-8H2,1-3H3;1-2H3. The van der Waals surface area contributed by atoms with Crippen LogP contribution in [0.5, 0.6) is 0 Å². The normalized spacial score (nSPS) is 35.0. The highest BCUT2D eigenvalue weighted by Crippen LogP contribution is 2.41. The van der Waals surface area contributed by atoms with E-state index in [1.165, 1.54) is 32.5 Å². The third kappa shape index (κ3) is 2.73. The van der Waals surface area contributed by atoms with E-state index in [1.807, 2.05) is 13.8 Å². The van der Waals surface area contributed by atoms with Crippen LogP contribution < -0.4 is 5.32 Å². The molecule has 1 N–H and O–H groups in total. The lowest BCUT2D eigenvalue weighted by Crippen LogP contribution is -2.58. The minimum absolute atomic E-state index is 0.569. The molecule has 0 aromatic heterocycles. The molecule has 0 spiro atoms. The number of hydrogen-bond acceptors (Lipinski definition) is 2. The molecule has 2 heteroatoms. The van der Waals surface area contributed by atoms with Gasteiger partial charge in [0.2, 0.25) is 0 Å². The van der Waals surface area contributed by atoms with Crippen molar-refractivity contribution in [3.05, 3.63) is 0 Å². The second-order valence-corrected chi connectivity index (χ2v) is 5.39. The number of rotatable bonds is 0. The van der Waals surface area contributed by atoms with Crippen molar-refractivity contribution in [2.24, 2.45) is 11.3 Å². The summed E-state index contributed by atoms with van der Waals surface area (Å²) in [5.74, 6) is 0.910. The van der Waals surface area contributed by atoms with Crippen molar-refractivity contribution in [2.45, 2.75) is 46.6 Å². The Hall–Kier alpha value is -0.0800. The Labute approximate surface area is 95.4 Å². The maximum absolute atomic E-state index is 3.51. The number of hydrogen-bond donors (Lipinski definition) is 1. The number of fused-ring (bicyclic) bond motifs is 1. The summed E-state index contributed by atoms with van der Waals surface area (Å²) in [4.78, 5) is 2.54. The molecule has 15 heavy (non-hydrogen) atoms. The molecule has 0 aromatic carbocycles. The van der Waals surface area contributed by atoms with Gasteiger partial charge in [-0.2, -0.15) is 0 Å². The summed E-state index contributed by atoms with van der Waals surface area (Å²) in [6.07, 6.45) is 2.73. The molecule has 0 bridgehead atoms. The number of nitrogens with one attached hydrogen (secondary N) is 1. The second kappa shape index (κ2) is 5.31. The summed E-state index contributed by atoms with van der Waals surface area (Å²) in [6.45, 7) is 12.6. The highest BCUT2D eigenvalue weighted by molar-refractivity contribution is 4.96. The van der Waals surface area contributed by atoms with Gasteiger partial charge in [0.05, 0.1) is 0 Å². The Morgan fingerprint density at radius 1 is 1.27 bits per heavy atom. The fourth-order valence-corrected chi connectivity index (χ4v) is 3.03. The monoisotopic (exact) mass is 212 g/mol. The molecule has 2 aliphatic heterocycles. The first-order valence-corrected chi connectivity index (χ1v) is 6.52. The minimum atomic E-state index is 0.569. The van der Waals surface area contributed by atoms with Gasteiger partial charge in [0.25, 0.3) is 0 Å². The highest BCUT2D eigenvalue weighted by Gasteiger charge is 2.42. The zero-order valence-electron chi connectivity index (χ0n) is 11.1. The molecule has 2 heterocycles. The van der Waals surface area contributed by atoms with Crippen molar-refractivity contribution in [3.63, 3.8) is 0 Å². The van der Waals surface area contributed by atoms with Gasteiger partial charge in [0.1, 0.15) is 0 Å². The van der Waals surface area contributed by atoms with Crippen LogP contribution in [0, 0.1) is 11.3 Å². The molecule has 2 fully saturated rings. The Kier molecular flexibility index (Phi) is 4.60. The van der Waals surface area contributed by atoms with Crippen LogP contribution in [0.3, 0.4) is 0 Å². The van der Waals surface area contributed by atoms with Gasteiger partial charge in [0.15, 0.2) is 0 Å². The van der Waals surface area contributed by atoms with E-state index in [9.17, 15) is 0 Å². The number of piperidine rings is 2. The van der Waals surface area contributed by atoms with Gasteiger partial charge < -0.3 is 10.2 Å². The van der Waals surface area contributed by atoms with Gasteiger partial charge in [-0.05, 0) is 44.3 Å². The van der Waals surface area contributed by atoms with Crippen LogP contribution in [0.1, 0.15) is 40.5 Å². The summed E-state index contributed by atoms with van der Waals surface area (Å²) >= 11 is 0. The average molecular weight is 212 g/mol. The lowest BCUT2D eigenvalue weighted by atomic mass is 9.67. The first-order valence-electron chi connectivity index (χ1n) is 6.52. The molecule has 0 saturated carbocycles. The van der Waals surface area contributed by atoms with Crippen molar-refractivity contribution in [1.82, 2.24) is 10.2 Å². The Morgan fingerprint density at radius 2 is 1.93 bits per heavy atom. The molecular formula is C13H28N2. The summed E-state index contributed by atoms with van der Waals surface area (Å²) in [6, 6.07) is 0.789. The first kappa shape index (κ1) is 13.0. The molecule has 2 atom stereocenters. The first-order chi connectivity index (χ1) is 7.11. The molecule has 90 valence electrons. The molecule has 2 saturated heterocycles. The Balaban J connectivity index is 0.000000531. The molecule has 0 radical (unpaired) electrons. The van der Waals surface area contributed by atoms with Gasteiger partial charge in [-0.3, -0.25) is 0 Å². The predicted molar refractivity (Wildman–Crippen MR) is 67.1 cm³/mol. The zero-order valence-corrected chi connectivity index (χ0v) is 11.1. The molecular weight excluding hydrogens is 184 g/mol. The maximum atomic E-state index is 3.51. The van der Waals surface area contributed by atoms with E-state index in [2.05, 4.69) is 31.1 Å². The molecule has 2 rings (SSSR count). The van der Waals surface area contributed by atoms with E-state index < -0.39 is 0 Å². The molecule has 0 aliphatic carbocycles. The number of likely N-dealkylation sites (tertiary alicyclic amines) is 1. The van der Waals surface area contributed by atoms with Crippen LogP contribution in [-0.4, -0.2) is 37.6 Å². The molecule has 0 aromatic rings. The molecule has 2 aliphatic rings. The van der Waals surface area contributed by atoms with Crippen molar-refractivity contribution >= 4 is 0 Å².